The van der Waals surface area contributed by atoms with Gasteiger partial charge in [-0.25, -0.2) is 28.4 Å². The number of imide groups is 1. The van der Waals surface area contributed by atoms with Crippen molar-refractivity contribution < 1.29 is 147 Å². The number of piperidine rings is 2. The molecule has 6 heterocycles. The first-order chi connectivity index (χ1) is 71.2. The minimum absolute atomic E-state index is 0.00607. The van der Waals surface area contributed by atoms with E-state index < -0.39 is 258 Å². The van der Waals surface area contributed by atoms with Gasteiger partial charge >= 0.3 is 21.7 Å². The number of hydrogen-bond acceptors (Lipinski definition) is 31. The fraction of sp³-hybridized carbons (Fsp3) is 0.531. The quantitative estimate of drug-likeness (QED) is 0.0101. The van der Waals surface area contributed by atoms with Crippen LogP contribution in [-0.2, 0) is 120 Å². The standard InChI is InChI=1S/C96H133N21O31P2/c1-57(2)81(110-74(119)34-40-141-43-45-143-46-44-142-42-39-117-75(120)32-33-76(117)121)89(129)107-67(25-20-35-99-96(97)136)86(126)104-64-30-28-61(29-31-64)55-144-72-47-62-21-12-14-23-65(62)105-82(72)90(130)108-68-49-100-92(132)84(58(3)4)113(10)79(124)53-111(8)78(123)52-103-88(128)71-27-17-19-38-116(71)95(135)69(50-101-93(133)85(59(5)6)114(11)80(125)54-112(9)77(122)51-102-87(127)70-26-16-18-37-115(70)94(68)134)109-91(131)83-73(48-63-22-13-15-24-66(63)106-83)145-56-147-150(139,140)148-149(137,138)146-41-36-98-60(7)118/h12-15,21-24,28-33,47-48,57-59,67-71,81,84-85H,16-20,25-27,34-46,49-56H2,1-11H3,(H,98,118)(H,100,132)(H,101,133)(H,102,127)(H,103,128)(H,104,126)(H,107,129)(H,108,130)(H,109,131)(H,110,119)(H,137,138)(H,139,140)(H3,97,99,136)/t67-,68+,69+,70-,71-,81-,84-,85-/m0/s1. The number of benzene rings is 3. The Morgan fingerprint density at radius 2 is 1.01 bits per heavy atom. The molecule has 0 bridgehead atoms. The van der Waals surface area contributed by atoms with Gasteiger partial charge in [0.15, 0.2) is 22.9 Å². The maximum absolute atomic E-state index is 15.6. The van der Waals surface area contributed by atoms with Gasteiger partial charge in [0.2, 0.25) is 89.5 Å². The predicted octanol–water partition coefficient (Wildman–Crippen LogP) is -0.517. The Labute approximate surface area is 864 Å². The number of phosphoric ester groups is 2. The number of urea groups is 1. The first kappa shape index (κ1) is 119. The summed E-state index contributed by atoms with van der Waals surface area (Å²) in [5.41, 5.74) is 5.50. The number of para-hydroxylation sites is 2. The van der Waals surface area contributed by atoms with E-state index in [4.69, 9.17) is 38.9 Å². The van der Waals surface area contributed by atoms with Crippen LogP contribution in [0.2, 0.25) is 0 Å². The minimum atomic E-state index is -5.56. The number of anilines is 1. The van der Waals surface area contributed by atoms with E-state index in [1.807, 2.05) is 0 Å². The molecular formula is C96H133N21O31P2. The number of nitrogens with one attached hydrogen (secondary N) is 11. The Bertz CT molecular complexity index is 5820. The summed E-state index contributed by atoms with van der Waals surface area (Å²) in [4.78, 5) is 302. The number of aromatic nitrogens is 2. The predicted molar refractivity (Wildman–Crippen MR) is 535 cm³/mol. The molecule has 818 valence electrons. The molecule has 0 radical (unpaired) electrons. The number of pyridine rings is 2. The summed E-state index contributed by atoms with van der Waals surface area (Å²) in [6, 6.07) is 9.66. The maximum Gasteiger partial charge on any atom is 0.484 e. The van der Waals surface area contributed by atoms with E-state index in [-0.39, 0.29) is 140 Å². The van der Waals surface area contributed by atoms with Crippen molar-refractivity contribution in [2.45, 2.75) is 161 Å². The van der Waals surface area contributed by atoms with Crippen LogP contribution in [0, 0.1) is 17.8 Å². The SMILES string of the molecule is CC(=O)NCCOP(=O)(O)OP(=O)(O)OCOc1cc2ccccc2nc1C(=O)N[C@@H]1CNC(=O)[C@H](C(C)C)N(C)C(=O)CN(C)C(=O)CNC(=O)[C@@H]2CCCCN2C(=O)[C@H](NC(=O)c2nc3ccccc3cc2OCc2ccc(NC(=O)[C@H](CCCNC(N)=O)NC(=O)[C@@H](NC(=O)CCOCCOCCOCCN3C(=O)C=CC3=O)C(C)C)cc2)CNC(=O)[C@H](C(C)C)N(C)C(=O)CN(C)C(=O)CNC(=O)[C@@H]2CCCCN2C1=O. The van der Waals surface area contributed by atoms with Crippen LogP contribution in [0.5, 0.6) is 11.5 Å². The molecule has 0 aliphatic carbocycles. The average Bonchev–Trinajstić information content (AvgIpc) is 0.908. The fourth-order valence-corrected chi connectivity index (χ4v) is 18.4. The third-order valence-corrected chi connectivity index (χ3v) is 27.0. The van der Waals surface area contributed by atoms with Gasteiger partial charge in [-0.1, -0.05) is 90.1 Å². The number of likely N-dealkylation sites (N-methyl/N-ethyl adjacent to an activating group) is 4. The lowest BCUT2D eigenvalue weighted by molar-refractivity contribution is -0.146. The van der Waals surface area contributed by atoms with E-state index in [9.17, 15) is 95.6 Å². The van der Waals surface area contributed by atoms with Crippen molar-refractivity contribution in [3.05, 3.63) is 114 Å². The molecule has 0 spiro atoms. The molecule has 2 unspecified atom stereocenters. The van der Waals surface area contributed by atoms with Gasteiger partial charge in [-0.15, -0.1) is 0 Å². The largest absolute Gasteiger partial charge is 0.486 e. The molecule has 2 aromatic heterocycles. The number of ether oxygens (including phenoxy) is 5. The van der Waals surface area contributed by atoms with E-state index in [0.29, 0.717) is 41.1 Å². The van der Waals surface area contributed by atoms with E-state index in [1.54, 1.807) is 96.1 Å². The summed E-state index contributed by atoms with van der Waals surface area (Å²) >= 11 is 0. The number of fused-ring (bicyclic) bond motifs is 4. The molecule has 20 amide bonds. The van der Waals surface area contributed by atoms with Gasteiger partial charge < -0.3 is 127 Å². The highest BCUT2D eigenvalue weighted by molar-refractivity contribution is 7.61. The van der Waals surface area contributed by atoms with Crippen LogP contribution in [0.25, 0.3) is 21.8 Å². The van der Waals surface area contributed by atoms with Gasteiger partial charge in [-0.3, -0.25) is 95.7 Å². The molecule has 5 aromatic rings. The number of hydrogen-bond donors (Lipinski definition) is 14. The van der Waals surface area contributed by atoms with Gasteiger partial charge in [0.05, 0.1) is 90.0 Å². The molecule has 0 saturated carbocycles. The van der Waals surface area contributed by atoms with Gasteiger partial charge in [0.1, 0.15) is 54.9 Å². The monoisotopic (exact) mass is 2140 g/mol. The Kier molecular flexibility index (Phi) is 45.9. The van der Waals surface area contributed by atoms with E-state index in [0.717, 1.165) is 36.3 Å². The van der Waals surface area contributed by atoms with Crippen molar-refractivity contribution in [3.8, 4) is 11.5 Å². The Hall–Kier alpha value is -14.1. The highest BCUT2D eigenvalue weighted by Gasteiger charge is 2.44. The summed E-state index contributed by atoms with van der Waals surface area (Å²) in [7, 11) is -5.87. The summed E-state index contributed by atoms with van der Waals surface area (Å²) in [6.07, 6.45) is 3.73. The van der Waals surface area contributed by atoms with Crippen LogP contribution >= 0.6 is 15.6 Å². The molecule has 52 nitrogen and oxygen atoms in total. The van der Waals surface area contributed by atoms with Crippen LogP contribution in [0.1, 0.15) is 133 Å². The highest BCUT2D eigenvalue weighted by atomic mass is 31.3. The maximum atomic E-state index is 15.6. The Morgan fingerprint density at radius 3 is 1.49 bits per heavy atom. The highest BCUT2D eigenvalue weighted by Crippen LogP contribution is 2.60. The number of primary amides is 1. The molecule has 4 aliphatic heterocycles. The third kappa shape index (κ3) is 36.1. The zero-order valence-electron chi connectivity index (χ0n) is 85.3. The topological polar surface area (TPSA) is 680 Å². The lowest BCUT2D eigenvalue weighted by atomic mass is 9.99. The zero-order chi connectivity index (χ0) is 110. The molecule has 54 heteroatoms. The van der Waals surface area contributed by atoms with Gasteiger partial charge in [0, 0.05) is 109 Å². The normalized spacial score (nSPS) is 19.9. The van der Waals surface area contributed by atoms with Gasteiger partial charge in [-0.2, -0.15) is 4.31 Å². The van der Waals surface area contributed by atoms with Crippen molar-refractivity contribution in [1.29, 1.82) is 0 Å². The van der Waals surface area contributed by atoms with Crippen LogP contribution in [0.15, 0.2) is 97.1 Å². The number of amides is 20. The lowest BCUT2D eigenvalue weighted by Crippen LogP contribution is -2.61. The molecule has 4 aliphatic rings. The summed E-state index contributed by atoms with van der Waals surface area (Å²) in [5, 5.41) is 29.6. The van der Waals surface area contributed by atoms with Crippen LogP contribution < -0.4 is 73.7 Å². The smallest absolute Gasteiger partial charge is 0.484 e. The molecule has 3 fully saturated rings. The fourth-order valence-electron chi connectivity index (χ4n) is 16.5. The van der Waals surface area contributed by atoms with Crippen molar-refractivity contribution in [1.82, 2.24) is 97.4 Å². The first-order valence-corrected chi connectivity index (χ1v) is 51.8. The second-order valence-corrected chi connectivity index (χ2v) is 39.8. The van der Waals surface area contributed by atoms with Crippen molar-refractivity contribution in [2.24, 2.45) is 23.5 Å². The number of phosphoric acid groups is 2. The van der Waals surface area contributed by atoms with E-state index in [2.05, 4.69) is 72.3 Å². The Balaban J connectivity index is 0.908. The number of carbonyl (C=O) groups excluding carboxylic acids is 19. The summed E-state index contributed by atoms with van der Waals surface area (Å²) in [6.45, 7) is 4.68. The zero-order valence-corrected chi connectivity index (χ0v) is 87.1. The molecule has 150 heavy (non-hydrogen) atoms. The number of nitrogens with two attached hydrogens (primary N) is 1. The number of carbonyl (C=O) groups is 19. The van der Waals surface area contributed by atoms with Gasteiger partial charge in [-0.05, 0) is 111 Å². The van der Waals surface area contributed by atoms with Crippen molar-refractivity contribution >= 4 is 155 Å². The second-order valence-electron chi connectivity index (χ2n) is 36.7. The molecule has 3 saturated heterocycles. The molecule has 3 aromatic carbocycles. The molecular weight excluding hydrogens is 2010 g/mol. The van der Waals surface area contributed by atoms with Gasteiger partial charge in [0.25, 0.3) is 23.6 Å². The van der Waals surface area contributed by atoms with Crippen molar-refractivity contribution in [3.63, 3.8) is 0 Å². The number of nitrogens with zero attached hydrogens (tertiary/aromatic N) is 9. The Morgan fingerprint density at radius 1 is 0.533 bits per heavy atom. The third-order valence-electron chi connectivity index (χ3n) is 24.4. The molecule has 10 atom stereocenters. The number of rotatable bonds is 41. The van der Waals surface area contributed by atoms with Crippen LogP contribution in [0.3, 0.4) is 0 Å². The molecule has 15 N–H and O–H groups in total. The second kappa shape index (κ2) is 57.6. The van der Waals surface area contributed by atoms with E-state index in [1.165, 1.54) is 75.6 Å². The summed E-state index contributed by atoms with van der Waals surface area (Å²) in [5.74, 6) is -16.7. The van der Waals surface area contributed by atoms with Crippen LogP contribution in [-0.4, -0.2) is 368 Å². The molecule has 9 rings (SSSR count). The van der Waals surface area contributed by atoms with Crippen molar-refractivity contribution in [2.75, 3.05) is 159 Å². The first-order valence-electron chi connectivity index (χ1n) is 48.8. The van der Waals surface area contributed by atoms with E-state index >= 15 is 14.4 Å². The average molecular weight is 2140 g/mol. The minimum Gasteiger partial charge on any atom is -0.486 e. The lowest BCUT2D eigenvalue weighted by Gasteiger charge is -2.37. The van der Waals surface area contributed by atoms with Crippen LogP contribution in [0.4, 0.5) is 10.5 Å². The summed E-state index contributed by atoms with van der Waals surface area (Å²) < 4.78 is 67.9.